The van der Waals surface area contributed by atoms with E-state index in [0.717, 1.165) is 12.8 Å². The van der Waals surface area contributed by atoms with Crippen LogP contribution in [0, 0.1) is 16.0 Å². The molecule has 0 spiro atoms. The van der Waals surface area contributed by atoms with Gasteiger partial charge in [0, 0.05) is 53.5 Å². The minimum Gasteiger partial charge on any atom is -0.490 e. The number of amides is 2. The number of hydrogen-bond acceptors (Lipinski definition) is 8. The number of non-ortho nitro benzene ring substituents is 1. The number of nitro groups is 1. The van der Waals surface area contributed by atoms with Crippen LogP contribution in [0.3, 0.4) is 0 Å². The highest BCUT2D eigenvalue weighted by Crippen LogP contribution is 2.29. The molecule has 2 aliphatic rings. The van der Waals surface area contributed by atoms with Gasteiger partial charge in [-0.05, 0) is 25.3 Å². The summed E-state index contributed by atoms with van der Waals surface area (Å²) in [4.78, 5) is 40.3. The molecule has 2 heterocycles. The number of carbonyl (C=O) groups is 2. The fraction of sp³-hybridized carbons (Fsp3) is 0.667. The van der Waals surface area contributed by atoms with E-state index in [9.17, 15) is 19.7 Å². The number of fused-ring (bicyclic) bond motifs is 3. The number of rotatable bonds is 3. The normalized spacial score (nSPS) is 28.9. The fourth-order valence-electron chi connectivity index (χ4n) is 4.61. The van der Waals surface area contributed by atoms with Crippen LogP contribution in [0.25, 0.3) is 0 Å². The predicted molar refractivity (Wildman–Crippen MR) is 126 cm³/mol. The number of nitrogens with zero attached hydrogens (tertiary/aromatic N) is 3. The van der Waals surface area contributed by atoms with Crippen molar-refractivity contribution in [3.8, 4) is 5.75 Å². The minimum atomic E-state index is -0.562. The molecule has 2 bridgehead atoms. The number of likely N-dealkylation sites (N-methyl/N-ethyl adjacent to an activating group) is 1. The van der Waals surface area contributed by atoms with Crippen LogP contribution < -0.4 is 4.74 Å². The molecule has 0 unspecified atom stereocenters. The van der Waals surface area contributed by atoms with Crippen LogP contribution in [0.5, 0.6) is 5.75 Å². The third kappa shape index (κ3) is 6.28. The van der Waals surface area contributed by atoms with Gasteiger partial charge in [0.25, 0.3) is 11.6 Å². The van der Waals surface area contributed by atoms with Crippen molar-refractivity contribution in [2.45, 2.75) is 50.6 Å². The highest BCUT2D eigenvalue weighted by molar-refractivity contribution is 5.97. The van der Waals surface area contributed by atoms with Gasteiger partial charge in [-0.1, -0.05) is 6.92 Å². The van der Waals surface area contributed by atoms with Gasteiger partial charge in [0.05, 0.1) is 34.7 Å². The number of hydrogen-bond donors (Lipinski definition) is 0. The summed E-state index contributed by atoms with van der Waals surface area (Å²) in [5, 5.41) is 11.4. The largest absolute Gasteiger partial charge is 0.490 e. The summed E-state index contributed by atoms with van der Waals surface area (Å²) in [7, 11) is 6.43. The van der Waals surface area contributed by atoms with E-state index in [1.54, 1.807) is 33.0 Å². The second-order valence-corrected chi connectivity index (χ2v) is 9.19. The topological polar surface area (TPSA) is 121 Å². The Morgan fingerprint density at radius 1 is 1.06 bits per heavy atom. The number of nitro benzene ring substituents is 1. The monoisotopic (exact) mass is 493 g/mol. The van der Waals surface area contributed by atoms with E-state index in [1.807, 2.05) is 0 Å². The molecule has 0 aliphatic carbocycles. The first kappa shape index (κ1) is 26.8. The van der Waals surface area contributed by atoms with Gasteiger partial charge in [0.1, 0.15) is 18.5 Å². The number of methoxy groups -OCH3 is 2. The second-order valence-electron chi connectivity index (χ2n) is 9.19. The van der Waals surface area contributed by atoms with E-state index < -0.39 is 22.9 Å². The van der Waals surface area contributed by atoms with Crippen LogP contribution >= 0.6 is 0 Å². The average molecular weight is 494 g/mol. The molecule has 11 nitrogen and oxygen atoms in total. The number of carbonyl (C=O) groups excluding carboxylic acids is 2. The summed E-state index contributed by atoms with van der Waals surface area (Å²) in [6.07, 6.45) is 1.01. The standard InChI is InChI=1S/C24H35N3O8/c1-15-21(33-5)13-26(3)24(29)18-12-16(27(30)31)6-8-19(18)34-14-22-20(32-4)9-7-17(35-22)10-11-25(2)23(15)28/h6,8,12,15,17,20-22H,7,9-11,13-14H2,1-5H3/t15-,17+,20+,21+,22-/m1/s1. The molecular weight excluding hydrogens is 458 g/mol. The lowest BCUT2D eigenvalue weighted by atomic mass is 9.98. The lowest BCUT2D eigenvalue weighted by Crippen LogP contribution is -2.47. The molecule has 2 aliphatic heterocycles. The summed E-state index contributed by atoms with van der Waals surface area (Å²) in [5.74, 6) is -0.854. The van der Waals surface area contributed by atoms with Crippen LogP contribution in [0.15, 0.2) is 18.2 Å². The van der Waals surface area contributed by atoms with Crippen molar-refractivity contribution in [1.82, 2.24) is 9.80 Å². The molecule has 0 radical (unpaired) electrons. The predicted octanol–water partition coefficient (Wildman–Crippen LogP) is 2.12. The Balaban J connectivity index is 1.98. The van der Waals surface area contributed by atoms with Gasteiger partial charge in [-0.3, -0.25) is 19.7 Å². The Morgan fingerprint density at radius 3 is 2.43 bits per heavy atom. The molecule has 35 heavy (non-hydrogen) atoms. The first-order valence-electron chi connectivity index (χ1n) is 11.8. The van der Waals surface area contributed by atoms with Gasteiger partial charge in [-0.25, -0.2) is 0 Å². The Kier molecular flexibility index (Phi) is 9.03. The van der Waals surface area contributed by atoms with Crippen molar-refractivity contribution in [2.75, 3.05) is 48.0 Å². The van der Waals surface area contributed by atoms with Gasteiger partial charge >= 0.3 is 0 Å². The summed E-state index contributed by atoms with van der Waals surface area (Å²) >= 11 is 0. The molecule has 0 saturated carbocycles. The van der Waals surface area contributed by atoms with Crippen LogP contribution in [0.1, 0.15) is 36.5 Å². The lowest BCUT2D eigenvalue weighted by Gasteiger charge is -2.37. The maximum Gasteiger partial charge on any atom is 0.270 e. The van der Waals surface area contributed by atoms with Crippen LogP contribution in [-0.2, 0) is 19.0 Å². The zero-order valence-electron chi connectivity index (χ0n) is 21.0. The third-order valence-electron chi connectivity index (χ3n) is 6.88. The summed E-state index contributed by atoms with van der Waals surface area (Å²) < 4.78 is 23.4. The minimum absolute atomic E-state index is 0.0565. The summed E-state index contributed by atoms with van der Waals surface area (Å²) in [5.41, 5.74) is -0.165. The Hall–Kier alpha value is -2.76. The van der Waals surface area contributed by atoms with E-state index in [1.165, 1.54) is 30.2 Å². The quantitative estimate of drug-likeness (QED) is 0.464. The molecule has 1 fully saturated rings. The maximum absolute atomic E-state index is 13.4. The van der Waals surface area contributed by atoms with Crippen molar-refractivity contribution < 1.29 is 33.5 Å². The van der Waals surface area contributed by atoms with Gasteiger partial charge in [0.2, 0.25) is 5.91 Å². The fourth-order valence-corrected chi connectivity index (χ4v) is 4.61. The molecule has 11 heteroatoms. The molecular formula is C24H35N3O8. The van der Waals surface area contributed by atoms with E-state index >= 15 is 0 Å². The van der Waals surface area contributed by atoms with E-state index in [4.69, 9.17) is 18.9 Å². The molecule has 1 aromatic rings. The Bertz CT molecular complexity index is 926. The van der Waals surface area contributed by atoms with Gasteiger partial charge < -0.3 is 28.7 Å². The maximum atomic E-state index is 13.4. The van der Waals surface area contributed by atoms with Crippen molar-refractivity contribution in [2.24, 2.45) is 5.92 Å². The van der Waals surface area contributed by atoms with Crippen molar-refractivity contribution in [1.29, 1.82) is 0 Å². The van der Waals surface area contributed by atoms with E-state index in [2.05, 4.69) is 0 Å². The van der Waals surface area contributed by atoms with Crippen LogP contribution in [0.2, 0.25) is 0 Å². The lowest BCUT2D eigenvalue weighted by molar-refractivity contribution is -0.384. The molecule has 0 aromatic heterocycles. The first-order valence-corrected chi connectivity index (χ1v) is 11.8. The zero-order chi connectivity index (χ0) is 25.7. The highest BCUT2D eigenvalue weighted by atomic mass is 16.6. The molecule has 194 valence electrons. The summed E-state index contributed by atoms with van der Waals surface area (Å²) in [6.45, 7) is 2.53. The van der Waals surface area contributed by atoms with Crippen molar-refractivity contribution in [3.05, 3.63) is 33.9 Å². The van der Waals surface area contributed by atoms with Gasteiger partial charge in [-0.2, -0.15) is 0 Å². The van der Waals surface area contributed by atoms with Gasteiger partial charge in [-0.15, -0.1) is 0 Å². The average Bonchev–Trinajstić information content (AvgIpc) is 2.86. The molecule has 5 atom stereocenters. The number of benzene rings is 1. The summed E-state index contributed by atoms with van der Waals surface area (Å²) in [6, 6.07) is 3.94. The molecule has 1 saturated heterocycles. The Morgan fingerprint density at radius 2 is 1.77 bits per heavy atom. The van der Waals surface area contributed by atoms with Gasteiger partial charge in [0.15, 0.2) is 0 Å². The second kappa shape index (κ2) is 11.8. The SMILES string of the molecule is CO[C@H]1CC[C@H]2CCN(C)C(=O)[C@H](C)[C@@H](OC)CN(C)C(=O)c3cc([N+](=O)[O-])ccc3OC[C@H]1O2. The molecule has 1 aromatic carbocycles. The van der Waals surface area contributed by atoms with Crippen molar-refractivity contribution in [3.63, 3.8) is 0 Å². The van der Waals surface area contributed by atoms with Crippen molar-refractivity contribution >= 4 is 17.5 Å². The molecule has 3 rings (SSSR count). The van der Waals surface area contributed by atoms with Crippen LogP contribution in [-0.4, -0.2) is 99.0 Å². The zero-order valence-corrected chi connectivity index (χ0v) is 21.0. The highest BCUT2D eigenvalue weighted by Gasteiger charge is 2.34. The smallest absolute Gasteiger partial charge is 0.270 e. The van der Waals surface area contributed by atoms with E-state index in [-0.39, 0.29) is 54.4 Å². The third-order valence-corrected chi connectivity index (χ3v) is 6.88. The Labute approximate surface area is 205 Å². The first-order chi connectivity index (χ1) is 16.7. The molecule has 0 N–H and O–H groups in total. The van der Waals surface area contributed by atoms with E-state index in [0.29, 0.717) is 13.0 Å². The number of ether oxygens (including phenoxy) is 4. The van der Waals surface area contributed by atoms with Crippen LogP contribution in [0.4, 0.5) is 5.69 Å². The molecule has 2 amide bonds.